The molecule has 3 heteroatoms. The highest BCUT2D eigenvalue weighted by Crippen LogP contribution is 2.26. The third-order valence-corrected chi connectivity index (χ3v) is 4.44. The van der Waals surface area contributed by atoms with E-state index < -0.39 is 0 Å². The van der Waals surface area contributed by atoms with Gasteiger partial charge in [-0.05, 0) is 36.2 Å². The van der Waals surface area contributed by atoms with E-state index in [-0.39, 0.29) is 0 Å². The summed E-state index contributed by atoms with van der Waals surface area (Å²) < 4.78 is 0. The molecule has 0 N–H and O–H groups in total. The Kier molecular flexibility index (Phi) is 4.47. The van der Waals surface area contributed by atoms with Crippen molar-refractivity contribution in [2.45, 2.75) is 6.92 Å². The molecule has 3 nitrogen and oxygen atoms in total. The maximum Gasteiger partial charge on any atom is 0.126 e. The molecule has 0 saturated carbocycles. The van der Waals surface area contributed by atoms with Gasteiger partial charge in [-0.25, -0.2) is 9.97 Å². The molecule has 27 heavy (non-hydrogen) atoms. The Bertz CT molecular complexity index is 1110. The molecular weight excluding hydrogens is 330 g/mol. The summed E-state index contributed by atoms with van der Waals surface area (Å²) in [4.78, 5) is 9.16. The van der Waals surface area contributed by atoms with Gasteiger partial charge in [-0.3, -0.25) is 0 Å². The van der Waals surface area contributed by atoms with Crippen molar-refractivity contribution < 1.29 is 0 Å². The van der Waals surface area contributed by atoms with E-state index in [1.54, 1.807) is 12.1 Å². The number of nitrogens with zero attached hydrogens (tertiary/aromatic N) is 3. The van der Waals surface area contributed by atoms with Crippen LogP contribution in [0.25, 0.3) is 33.6 Å². The maximum absolute atomic E-state index is 8.97. The number of rotatable bonds is 3. The van der Waals surface area contributed by atoms with E-state index in [9.17, 15) is 0 Å². The van der Waals surface area contributed by atoms with Crippen LogP contribution in [0.5, 0.6) is 0 Å². The fourth-order valence-corrected chi connectivity index (χ4v) is 3.04. The third-order valence-electron chi connectivity index (χ3n) is 4.44. The van der Waals surface area contributed by atoms with Crippen molar-refractivity contribution in [3.63, 3.8) is 0 Å². The molecule has 0 atom stereocenters. The predicted molar refractivity (Wildman–Crippen MR) is 108 cm³/mol. The molecule has 1 aromatic heterocycles. The lowest BCUT2D eigenvalue weighted by Gasteiger charge is -2.08. The van der Waals surface area contributed by atoms with E-state index in [4.69, 9.17) is 5.26 Å². The first kappa shape index (κ1) is 16.7. The van der Waals surface area contributed by atoms with Gasteiger partial charge < -0.3 is 0 Å². The van der Waals surface area contributed by atoms with Crippen LogP contribution in [0.2, 0.25) is 0 Å². The summed E-state index contributed by atoms with van der Waals surface area (Å²) in [6.45, 7) is 1.90. The zero-order chi connectivity index (χ0) is 18.6. The highest BCUT2D eigenvalue weighted by atomic mass is 14.9. The van der Waals surface area contributed by atoms with Crippen LogP contribution in [0.3, 0.4) is 0 Å². The standard InChI is InChI=1S/C24H17N3/c1-17-26-23(21-9-7-18(16-25)8-10-21)15-24(27-17)22-13-11-20(12-14-22)19-5-3-2-4-6-19/h2-15H,1H3. The van der Waals surface area contributed by atoms with Gasteiger partial charge in [0.15, 0.2) is 0 Å². The van der Waals surface area contributed by atoms with Gasteiger partial charge in [0.05, 0.1) is 23.0 Å². The average Bonchev–Trinajstić information content (AvgIpc) is 2.74. The molecule has 3 aromatic carbocycles. The lowest BCUT2D eigenvalue weighted by Crippen LogP contribution is -1.94. The summed E-state index contributed by atoms with van der Waals surface area (Å²) in [6, 6.07) is 30.3. The predicted octanol–water partition coefficient (Wildman–Crippen LogP) is 5.66. The first-order valence-corrected chi connectivity index (χ1v) is 8.75. The van der Waals surface area contributed by atoms with E-state index in [1.165, 1.54) is 11.1 Å². The number of benzene rings is 3. The summed E-state index contributed by atoms with van der Waals surface area (Å²) in [5.41, 5.74) is 6.78. The highest BCUT2D eigenvalue weighted by Gasteiger charge is 2.07. The normalized spacial score (nSPS) is 10.4. The van der Waals surface area contributed by atoms with Crippen molar-refractivity contribution in [1.29, 1.82) is 5.26 Å². The third kappa shape index (κ3) is 3.61. The summed E-state index contributed by atoms with van der Waals surface area (Å²) in [6.07, 6.45) is 0. The zero-order valence-corrected chi connectivity index (χ0v) is 14.9. The molecule has 0 radical (unpaired) electrons. The van der Waals surface area contributed by atoms with Crippen molar-refractivity contribution in [3.8, 4) is 39.7 Å². The van der Waals surface area contributed by atoms with Gasteiger partial charge in [-0.15, -0.1) is 0 Å². The second-order valence-electron chi connectivity index (χ2n) is 6.32. The van der Waals surface area contributed by atoms with Crippen LogP contribution in [0.4, 0.5) is 0 Å². The van der Waals surface area contributed by atoms with Crippen molar-refractivity contribution in [3.05, 3.63) is 96.3 Å². The topological polar surface area (TPSA) is 49.6 Å². The van der Waals surface area contributed by atoms with E-state index in [2.05, 4.69) is 52.4 Å². The molecule has 1 heterocycles. The quantitative estimate of drug-likeness (QED) is 0.480. The van der Waals surface area contributed by atoms with Crippen LogP contribution in [0, 0.1) is 18.3 Å². The van der Waals surface area contributed by atoms with Gasteiger partial charge in [0, 0.05) is 11.1 Å². The van der Waals surface area contributed by atoms with Crippen molar-refractivity contribution in [1.82, 2.24) is 9.97 Å². The molecule has 0 aliphatic heterocycles. The summed E-state index contributed by atoms with van der Waals surface area (Å²) in [5.74, 6) is 0.721. The minimum absolute atomic E-state index is 0.640. The van der Waals surface area contributed by atoms with Crippen molar-refractivity contribution in [2.24, 2.45) is 0 Å². The Hall–Kier alpha value is -3.77. The monoisotopic (exact) mass is 347 g/mol. The van der Waals surface area contributed by atoms with Crippen LogP contribution in [0.1, 0.15) is 11.4 Å². The molecule has 0 saturated heterocycles. The lowest BCUT2D eigenvalue weighted by molar-refractivity contribution is 1.06. The van der Waals surface area contributed by atoms with Gasteiger partial charge in [-0.1, -0.05) is 66.7 Å². The molecule has 128 valence electrons. The molecule has 0 aliphatic carbocycles. The van der Waals surface area contributed by atoms with Crippen LogP contribution in [0.15, 0.2) is 84.9 Å². The molecule has 4 rings (SSSR count). The number of aromatic nitrogens is 2. The Balaban J connectivity index is 1.69. The van der Waals surface area contributed by atoms with Crippen molar-refractivity contribution in [2.75, 3.05) is 0 Å². The molecule has 0 aliphatic rings. The van der Waals surface area contributed by atoms with Crippen LogP contribution in [-0.4, -0.2) is 9.97 Å². The largest absolute Gasteiger partial charge is 0.233 e. The van der Waals surface area contributed by atoms with E-state index in [0.29, 0.717) is 5.56 Å². The Morgan fingerprint density at radius 3 is 1.67 bits per heavy atom. The number of aryl methyl sites for hydroxylation is 1. The minimum Gasteiger partial charge on any atom is -0.233 e. The Morgan fingerprint density at radius 1 is 0.630 bits per heavy atom. The molecule has 0 bridgehead atoms. The summed E-state index contributed by atoms with van der Waals surface area (Å²) >= 11 is 0. The highest BCUT2D eigenvalue weighted by molar-refractivity contribution is 5.71. The minimum atomic E-state index is 0.640. The van der Waals surface area contributed by atoms with Gasteiger partial charge in [0.1, 0.15) is 5.82 Å². The fraction of sp³-hybridized carbons (Fsp3) is 0.0417. The van der Waals surface area contributed by atoms with E-state index in [0.717, 1.165) is 28.3 Å². The van der Waals surface area contributed by atoms with Gasteiger partial charge >= 0.3 is 0 Å². The number of hydrogen-bond donors (Lipinski definition) is 0. The van der Waals surface area contributed by atoms with Crippen LogP contribution < -0.4 is 0 Å². The van der Waals surface area contributed by atoms with E-state index in [1.807, 2.05) is 43.3 Å². The zero-order valence-electron chi connectivity index (χ0n) is 14.9. The van der Waals surface area contributed by atoms with Crippen LogP contribution >= 0.6 is 0 Å². The first-order valence-electron chi connectivity index (χ1n) is 8.75. The van der Waals surface area contributed by atoms with Gasteiger partial charge in [-0.2, -0.15) is 5.26 Å². The molecule has 4 aromatic rings. The second kappa shape index (κ2) is 7.23. The molecular formula is C24H17N3. The molecule has 0 amide bonds. The number of nitriles is 1. The lowest BCUT2D eigenvalue weighted by atomic mass is 10.0. The number of hydrogen-bond acceptors (Lipinski definition) is 3. The van der Waals surface area contributed by atoms with Gasteiger partial charge in [0.2, 0.25) is 0 Å². The first-order chi connectivity index (χ1) is 13.2. The van der Waals surface area contributed by atoms with Crippen LogP contribution in [-0.2, 0) is 0 Å². The SMILES string of the molecule is Cc1nc(-c2ccc(C#N)cc2)cc(-c2ccc(-c3ccccc3)cc2)n1. The summed E-state index contributed by atoms with van der Waals surface area (Å²) in [5, 5.41) is 8.97. The Labute approximate surface area is 158 Å². The molecule has 0 spiro atoms. The van der Waals surface area contributed by atoms with E-state index >= 15 is 0 Å². The average molecular weight is 347 g/mol. The summed E-state index contributed by atoms with van der Waals surface area (Å²) in [7, 11) is 0. The second-order valence-corrected chi connectivity index (χ2v) is 6.32. The Morgan fingerprint density at radius 2 is 1.11 bits per heavy atom. The van der Waals surface area contributed by atoms with Gasteiger partial charge in [0.25, 0.3) is 0 Å². The smallest absolute Gasteiger partial charge is 0.126 e. The maximum atomic E-state index is 8.97. The molecule has 0 fully saturated rings. The van der Waals surface area contributed by atoms with Crippen molar-refractivity contribution >= 4 is 0 Å². The molecule has 0 unspecified atom stereocenters. The fourth-order valence-electron chi connectivity index (χ4n) is 3.04.